The molecule has 2 aromatic carbocycles. The van der Waals surface area contributed by atoms with E-state index in [1.54, 1.807) is 28.8 Å². The summed E-state index contributed by atoms with van der Waals surface area (Å²) in [5, 5.41) is 15.4. The second-order valence-corrected chi connectivity index (χ2v) is 8.72. The lowest BCUT2D eigenvalue weighted by molar-refractivity contribution is 0.0951. The highest BCUT2D eigenvalue weighted by Gasteiger charge is 2.25. The Morgan fingerprint density at radius 2 is 1.97 bits per heavy atom. The van der Waals surface area contributed by atoms with Crippen LogP contribution in [-0.4, -0.2) is 44.6 Å². The molecule has 1 aliphatic carbocycles. The van der Waals surface area contributed by atoms with Crippen LogP contribution in [0, 0.1) is 11.6 Å². The first-order valence-corrected chi connectivity index (χ1v) is 11.5. The van der Waals surface area contributed by atoms with Crippen molar-refractivity contribution >= 4 is 40.0 Å². The lowest BCUT2D eigenvalue weighted by Crippen LogP contribution is -2.25. The van der Waals surface area contributed by atoms with Crippen LogP contribution in [0.4, 0.5) is 14.6 Å². The van der Waals surface area contributed by atoms with Crippen LogP contribution in [-0.2, 0) is 0 Å². The van der Waals surface area contributed by atoms with Crippen molar-refractivity contribution < 1.29 is 18.7 Å². The van der Waals surface area contributed by atoms with Crippen LogP contribution in [0.2, 0.25) is 5.02 Å². The highest BCUT2D eigenvalue weighted by molar-refractivity contribution is 6.34. The van der Waals surface area contributed by atoms with Crippen molar-refractivity contribution in [3.63, 3.8) is 0 Å². The molecule has 176 valence electrons. The molecule has 4 aromatic rings. The molecule has 5 rings (SSSR count). The summed E-state index contributed by atoms with van der Waals surface area (Å²) in [7, 11) is 0. The van der Waals surface area contributed by atoms with Gasteiger partial charge in [-0.2, -0.15) is 0 Å². The molecule has 0 unspecified atom stereocenters. The molecule has 0 radical (unpaired) electrons. The summed E-state index contributed by atoms with van der Waals surface area (Å²) in [6.45, 7) is 0.604. The second kappa shape index (κ2) is 9.15. The number of halogens is 3. The van der Waals surface area contributed by atoms with Gasteiger partial charge in [-0.05, 0) is 37.8 Å². The molecule has 0 atom stereocenters. The van der Waals surface area contributed by atoms with Crippen LogP contribution < -0.4 is 10.6 Å². The van der Waals surface area contributed by atoms with Crippen LogP contribution in [0.3, 0.4) is 0 Å². The van der Waals surface area contributed by atoms with Gasteiger partial charge in [-0.15, -0.1) is 0 Å². The summed E-state index contributed by atoms with van der Waals surface area (Å²) in [5.74, 6) is -1.81. The van der Waals surface area contributed by atoms with Gasteiger partial charge in [0.2, 0.25) is 0 Å². The van der Waals surface area contributed by atoms with Gasteiger partial charge in [0.1, 0.15) is 0 Å². The third kappa shape index (κ3) is 4.28. The first-order valence-electron chi connectivity index (χ1n) is 11.1. The predicted octanol–water partition coefficient (Wildman–Crippen LogP) is 4.56. The Morgan fingerprint density at radius 1 is 1.18 bits per heavy atom. The number of carbonyl (C=O) groups excluding carboxylic acids is 1. The largest absolute Gasteiger partial charge is 0.396 e. The molecule has 2 aromatic heterocycles. The average Bonchev–Trinajstić information content (AvgIpc) is 3.51. The Morgan fingerprint density at radius 3 is 2.71 bits per heavy atom. The smallest absolute Gasteiger partial charge is 0.253 e. The zero-order valence-corrected chi connectivity index (χ0v) is 18.9. The number of aromatic nitrogens is 3. The number of nitrogens with one attached hydrogen (secondary N) is 2. The van der Waals surface area contributed by atoms with Crippen LogP contribution in [0.5, 0.6) is 0 Å². The SMILES string of the molecule is O=C(NC1CC1)c1ccc(-c2cnc3c(NCCCCO)nc4cc(F)c(F)cc4n23)cc1Cl. The fourth-order valence-electron chi connectivity index (χ4n) is 3.84. The zero-order chi connectivity index (χ0) is 23.8. The molecule has 0 saturated heterocycles. The average molecular weight is 486 g/mol. The number of anilines is 1. The number of benzene rings is 2. The third-order valence-corrected chi connectivity index (χ3v) is 6.08. The molecule has 1 aliphatic rings. The molecule has 1 fully saturated rings. The van der Waals surface area contributed by atoms with E-state index < -0.39 is 11.6 Å². The van der Waals surface area contributed by atoms with E-state index in [0.717, 1.165) is 25.0 Å². The van der Waals surface area contributed by atoms with Crippen LogP contribution in [0.25, 0.3) is 27.9 Å². The highest BCUT2D eigenvalue weighted by atomic mass is 35.5. The maximum Gasteiger partial charge on any atom is 0.253 e. The summed E-state index contributed by atoms with van der Waals surface area (Å²) < 4.78 is 29.9. The normalized spacial score (nSPS) is 13.5. The first kappa shape index (κ1) is 22.5. The molecule has 1 amide bonds. The maximum atomic E-state index is 14.2. The van der Waals surface area contributed by atoms with Crippen LogP contribution >= 0.6 is 11.6 Å². The summed E-state index contributed by atoms with van der Waals surface area (Å²) in [5.41, 5.74) is 2.64. The molecule has 0 spiro atoms. The quantitative estimate of drug-likeness (QED) is 0.318. The molecular weight excluding hydrogens is 464 g/mol. The Kier molecular flexibility index (Phi) is 6.05. The monoisotopic (exact) mass is 485 g/mol. The number of amides is 1. The number of imidazole rings is 1. The maximum absolute atomic E-state index is 14.2. The van der Waals surface area contributed by atoms with E-state index in [2.05, 4.69) is 20.6 Å². The van der Waals surface area contributed by atoms with Crippen LogP contribution in [0.15, 0.2) is 36.5 Å². The fourth-order valence-corrected chi connectivity index (χ4v) is 4.11. The molecule has 34 heavy (non-hydrogen) atoms. The number of nitrogens with zero attached hydrogens (tertiary/aromatic N) is 3. The van der Waals surface area contributed by atoms with Gasteiger partial charge in [-0.25, -0.2) is 18.7 Å². The van der Waals surface area contributed by atoms with Crippen molar-refractivity contribution in [2.24, 2.45) is 0 Å². The van der Waals surface area contributed by atoms with Gasteiger partial charge in [-0.3, -0.25) is 9.20 Å². The fraction of sp³-hybridized carbons (Fsp3) is 0.292. The molecule has 7 nitrogen and oxygen atoms in total. The Bertz CT molecular complexity index is 1400. The standard InChI is InChI=1S/C24H22ClF2N5O2/c25-16-9-13(3-6-15(16)24(34)30-14-4-5-14)21-12-29-23-22(28-7-1-2-8-33)31-19-10-17(26)18(27)11-20(19)32(21)23/h3,6,9-12,14,33H,1-2,4-5,7-8H2,(H,28,31)(H,30,34). The minimum Gasteiger partial charge on any atom is -0.396 e. The number of hydrogen-bond donors (Lipinski definition) is 3. The van der Waals surface area contributed by atoms with Gasteiger partial charge in [0, 0.05) is 36.9 Å². The lowest BCUT2D eigenvalue weighted by Gasteiger charge is -2.12. The highest BCUT2D eigenvalue weighted by Crippen LogP contribution is 2.32. The van der Waals surface area contributed by atoms with E-state index in [-0.39, 0.29) is 29.1 Å². The number of unbranched alkanes of at least 4 members (excludes halogenated alkanes) is 1. The summed E-state index contributed by atoms with van der Waals surface area (Å²) in [6, 6.07) is 7.40. The van der Waals surface area contributed by atoms with Crippen LogP contribution in [0.1, 0.15) is 36.0 Å². The van der Waals surface area contributed by atoms with Gasteiger partial charge in [0.05, 0.1) is 33.5 Å². The molecule has 0 bridgehead atoms. The summed E-state index contributed by atoms with van der Waals surface area (Å²) in [4.78, 5) is 21.4. The summed E-state index contributed by atoms with van der Waals surface area (Å²) in [6.07, 6.45) is 4.87. The molecular formula is C24H22ClF2N5O2. The van der Waals surface area contributed by atoms with E-state index in [4.69, 9.17) is 16.7 Å². The van der Waals surface area contributed by atoms with Crippen molar-refractivity contribution in [1.29, 1.82) is 0 Å². The number of aliphatic hydroxyl groups excluding tert-OH is 1. The minimum absolute atomic E-state index is 0.0791. The van der Waals surface area contributed by atoms with Crippen molar-refractivity contribution in [1.82, 2.24) is 19.7 Å². The van der Waals surface area contributed by atoms with Gasteiger partial charge < -0.3 is 15.7 Å². The minimum atomic E-state index is -0.999. The van der Waals surface area contributed by atoms with E-state index in [0.29, 0.717) is 53.2 Å². The summed E-state index contributed by atoms with van der Waals surface area (Å²) >= 11 is 6.44. The first-order chi connectivity index (χ1) is 16.5. The van der Waals surface area contributed by atoms with Crippen molar-refractivity contribution in [3.05, 3.63) is 58.7 Å². The Labute approximate surface area is 198 Å². The van der Waals surface area contributed by atoms with Gasteiger partial charge >= 0.3 is 0 Å². The van der Waals surface area contributed by atoms with Gasteiger partial charge in [0.25, 0.3) is 5.91 Å². The Balaban J connectivity index is 1.61. The second-order valence-electron chi connectivity index (χ2n) is 8.32. The van der Waals surface area contributed by atoms with Gasteiger partial charge in [0.15, 0.2) is 23.1 Å². The lowest BCUT2D eigenvalue weighted by atomic mass is 10.1. The van der Waals surface area contributed by atoms with E-state index in [1.807, 2.05) is 0 Å². The predicted molar refractivity (Wildman–Crippen MR) is 126 cm³/mol. The van der Waals surface area contributed by atoms with E-state index in [1.165, 1.54) is 0 Å². The molecule has 3 N–H and O–H groups in total. The van der Waals surface area contributed by atoms with E-state index >= 15 is 0 Å². The van der Waals surface area contributed by atoms with Gasteiger partial charge in [-0.1, -0.05) is 17.7 Å². The number of fused-ring (bicyclic) bond motifs is 3. The molecule has 0 aliphatic heterocycles. The zero-order valence-electron chi connectivity index (χ0n) is 18.1. The molecule has 10 heteroatoms. The molecule has 1 saturated carbocycles. The Hall–Kier alpha value is -3.30. The number of aliphatic hydroxyl groups is 1. The van der Waals surface area contributed by atoms with Crippen molar-refractivity contribution in [2.45, 2.75) is 31.7 Å². The number of carbonyl (C=O) groups is 1. The van der Waals surface area contributed by atoms with Crippen molar-refractivity contribution in [3.8, 4) is 11.3 Å². The third-order valence-electron chi connectivity index (χ3n) is 5.76. The number of hydrogen-bond acceptors (Lipinski definition) is 5. The van der Waals surface area contributed by atoms with E-state index in [9.17, 15) is 13.6 Å². The number of rotatable bonds is 8. The van der Waals surface area contributed by atoms with Crippen molar-refractivity contribution in [2.75, 3.05) is 18.5 Å². The topological polar surface area (TPSA) is 91.5 Å². The molecule has 2 heterocycles.